The number of nitrogens with zero attached hydrogens (tertiary/aromatic N) is 4. The highest BCUT2D eigenvalue weighted by Gasteiger charge is 2.08. The van der Waals surface area contributed by atoms with E-state index < -0.39 is 0 Å². The number of aryl methyl sites for hydroxylation is 1. The summed E-state index contributed by atoms with van der Waals surface area (Å²) < 4.78 is 8.26. The zero-order chi connectivity index (χ0) is 18.9. The number of hydrogen-bond acceptors (Lipinski definition) is 5. The molecule has 3 aromatic rings. The molecule has 0 radical (unpaired) electrons. The third kappa shape index (κ3) is 5.57. The van der Waals surface area contributed by atoms with E-state index in [1.807, 2.05) is 18.3 Å². The second-order valence-corrected chi connectivity index (χ2v) is 7.41. The molecule has 5 nitrogen and oxygen atoms in total. The minimum Gasteiger partial charge on any atom is -0.493 e. The van der Waals surface area contributed by atoms with Crippen LogP contribution in [0.3, 0.4) is 0 Å². The third-order valence-electron chi connectivity index (χ3n) is 4.33. The minimum atomic E-state index is 0.691. The molecular weight excluding hydrogens is 356 g/mol. The van der Waals surface area contributed by atoms with Crippen LogP contribution in [0.5, 0.6) is 5.75 Å². The van der Waals surface area contributed by atoms with Crippen LogP contribution >= 0.6 is 11.8 Å². The lowest BCUT2D eigenvalue weighted by Gasteiger charge is -2.14. The number of thioether (sulfide) groups is 1. The number of hydrogen-bond donors (Lipinski definition) is 0. The maximum Gasteiger partial charge on any atom is 0.187 e. The SMILES string of the molecule is CCCc1nccn1Cc1cccc(OCCCSc2ncccn2)c1C. The van der Waals surface area contributed by atoms with E-state index in [2.05, 4.69) is 51.7 Å². The molecule has 0 spiro atoms. The Morgan fingerprint density at radius 3 is 2.74 bits per heavy atom. The molecule has 2 heterocycles. The van der Waals surface area contributed by atoms with Gasteiger partial charge in [-0.05, 0) is 43.0 Å². The van der Waals surface area contributed by atoms with Gasteiger partial charge in [-0.2, -0.15) is 0 Å². The molecule has 0 bridgehead atoms. The van der Waals surface area contributed by atoms with Crippen LogP contribution in [-0.4, -0.2) is 31.9 Å². The fourth-order valence-electron chi connectivity index (χ4n) is 2.87. The summed E-state index contributed by atoms with van der Waals surface area (Å²) in [5.74, 6) is 3.05. The third-order valence-corrected chi connectivity index (χ3v) is 5.29. The topological polar surface area (TPSA) is 52.8 Å². The van der Waals surface area contributed by atoms with Gasteiger partial charge in [0.25, 0.3) is 0 Å². The molecule has 0 aliphatic heterocycles. The Balaban J connectivity index is 1.52. The van der Waals surface area contributed by atoms with Crippen molar-refractivity contribution in [2.24, 2.45) is 0 Å². The van der Waals surface area contributed by atoms with Crippen molar-refractivity contribution in [2.75, 3.05) is 12.4 Å². The van der Waals surface area contributed by atoms with Crippen molar-refractivity contribution in [3.63, 3.8) is 0 Å². The van der Waals surface area contributed by atoms with Crippen LogP contribution in [0, 0.1) is 6.92 Å². The van der Waals surface area contributed by atoms with Gasteiger partial charge in [0.05, 0.1) is 6.61 Å². The van der Waals surface area contributed by atoms with E-state index in [0.29, 0.717) is 6.61 Å². The quantitative estimate of drug-likeness (QED) is 0.293. The largest absolute Gasteiger partial charge is 0.493 e. The Kier molecular flexibility index (Phi) is 7.27. The predicted octanol–water partition coefficient (Wildman–Crippen LogP) is 4.54. The summed E-state index contributed by atoms with van der Waals surface area (Å²) in [5, 5.41) is 0.818. The lowest BCUT2D eigenvalue weighted by atomic mass is 10.1. The molecule has 6 heteroatoms. The van der Waals surface area contributed by atoms with Gasteiger partial charge in [-0.3, -0.25) is 0 Å². The molecule has 1 aromatic carbocycles. The van der Waals surface area contributed by atoms with E-state index in [1.54, 1.807) is 24.2 Å². The first kappa shape index (κ1) is 19.4. The Bertz CT molecular complexity index is 835. The maximum atomic E-state index is 6.03. The summed E-state index contributed by atoms with van der Waals surface area (Å²) in [4.78, 5) is 12.9. The van der Waals surface area contributed by atoms with Gasteiger partial charge < -0.3 is 9.30 Å². The minimum absolute atomic E-state index is 0.691. The maximum absolute atomic E-state index is 6.03. The first-order chi connectivity index (χ1) is 13.3. The van der Waals surface area contributed by atoms with Crippen molar-refractivity contribution in [3.8, 4) is 5.75 Å². The number of imidazole rings is 1. The summed E-state index contributed by atoms with van der Waals surface area (Å²) >= 11 is 1.66. The molecule has 0 aliphatic carbocycles. The summed E-state index contributed by atoms with van der Waals surface area (Å²) in [6.45, 7) is 5.84. The molecule has 0 saturated heterocycles. The van der Waals surface area contributed by atoms with Crippen LogP contribution in [0.1, 0.15) is 36.7 Å². The van der Waals surface area contributed by atoms with Crippen LogP contribution in [0.2, 0.25) is 0 Å². The summed E-state index contributed by atoms with van der Waals surface area (Å²) in [6, 6.07) is 8.12. The van der Waals surface area contributed by atoms with E-state index in [0.717, 1.165) is 48.3 Å². The van der Waals surface area contributed by atoms with E-state index in [4.69, 9.17) is 4.74 Å². The number of benzene rings is 1. The normalized spacial score (nSPS) is 10.9. The molecule has 0 atom stereocenters. The van der Waals surface area contributed by atoms with Gasteiger partial charge in [-0.25, -0.2) is 15.0 Å². The number of rotatable bonds is 10. The Hall–Kier alpha value is -2.34. The molecule has 0 N–H and O–H groups in total. The fourth-order valence-corrected chi connectivity index (χ4v) is 3.59. The Labute approximate surface area is 165 Å². The van der Waals surface area contributed by atoms with E-state index >= 15 is 0 Å². The van der Waals surface area contributed by atoms with Crippen molar-refractivity contribution in [3.05, 3.63) is 66.0 Å². The molecule has 0 unspecified atom stereocenters. The molecule has 0 fully saturated rings. The van der Waals surface area contributed by atoms with Crippen LogP contribution in [0.15, 0.2) is 54.2 Å². The van der Waals surface area contributed by atoms with Gasteiger partial charge in [0.1, 0.15) is 11.6 Å². The van der Waals surface area contributed by atoms with Crippen molar-refractivity contribution in [1.29, 1.82) is 0 Å². The highest BCUT2D eigenvalue weighted by Crippen LogP contribution is 2.23. The Morgan fingerprint density at radius 2 is 1.93 bits per heavy atom. The molecule has 3 rings (SSSR count). The summed E-state index contributed by atoms with van der Waals surface area (Å²) in [5.41, 5.74) is 2.47. The molecule has 27 heavy (non-hydrogen) atoms. The first-order valence-corrected chi connectivity index (χ1v) is 10.4. The van der Waals surface area contributed by atoms with Gasteiger partial charge in [-0.1, -0.05) is 30.8 Å². The van der Waals surface area contributed by atoms with Gasteiger partial charge in [0.2, 0.25) is 0 Å². The molecule has 0 saturated carbocycles. The van der Waals surface area contributed by atoms with Crippen LogP contribution in [0.4, 0.5) is 0 Å². The first-order valence-electron chi connectivity index (χ1n) is 9.39. The van der Waals surface area contributed by atoms with Gasteiger partial charge in [-0.15, -0.1) is 0 Å². The highest BCUT2D eigenvalue weighted by molar-refractivity contribution is 7.99. The van der Waals surface area contributed by atoms with Crippen LogP contribution in [0.25, 0.3) is 0 Å². The van der Waals surface area contributed by atoms with Crippen molar-refractivity contribution < 1.29 is 4.74 Å². The van der Waals surface area contributed by atoms with Gasteiger partial charge >= 0.3 is 0 Å². The molecule has 142 valence electrons. The fraction of sp³-hybridized carbons (Fsp3) is 0.381. The second kappa shape index (κ2) is 10.1. The molecule has 0 aliphatic rings. The van der Waals surface area contributed by atoms with Gasteiger partial charge in [0.15, 0.2) is 5.16 Å². The molecular formula is C21H26N4OS. The predicted molar refractivity (Wildman–Crippen MR) is 109 cm³/mol. The molecule has 0 amide bonds. The zero-order valence-corrected chi connectivity index (χ0v) is 16.8. The van der Waals surface area contributed by atoms with Crippen molar-refractivity contribution in [1.82, 2.24) is 19.5 Å². The zero-order valence-electron chi connectivity index (χ0n) is 16.0. The molecule has 2 aromatic heterocycles. The number of aromatic nitrogens is 4. The van der Waals surface area contributed by atoms with Crippen molar-refractivity contribution in [2.45, 2.75) is 44.8 Å². The van der Waals surface area contributed by atoms with E-state index in [1.165, 1.54) is 11.1 Å². The van der Waals surface area contributed by atoms with Crippen LogP contribution < -0.4 is 4.74 Å². The van der Waals surface area contributed by atoms with E-state index in [9.17, 15) is 0 Å². The van der Waals surface area contributed by atoms with Crippen LogP contribution in [-0.2, 0) is 13.0 Å². The lowest BCUT2D eigenvalue weighted by Crippen LogP contribution is -2.07. The lowest BCUT2D eigenvalue weighted by molar-refractivity contribution is 0.316. The van der Waals surface area contributed by atoms with E-state index in [-0.39, 0.29) is 0 Å². The average Bonchev–Trinajstić information content (AvgIpc) is 3.12. The standard InChI is InChI=1S/C21H26N4OS/c1-3-7-20-22-12-13-25(20)16-18-8-4-9-19(17(18)2)26-14-6-15-27-21-23-10-5-11-24-21/h4-5,8-13H,3,6-7,14-16H2,1-2H3. The van der Waals surface area contributed by atoms with Gasteiger partial charge in [0, 0.05) is 43.5 Å². The Morgan fingerprint density at radius 1 is 1.07 bits per heavy atom. The monoisotopic (exact) mass is 382 g/mol. The summed E-state index contributed by atoms with van der Waals surface area (Å²) in [6.07, 6.45) is 10.5. The van der Waals surface area contributed by atoms with Crippen molar-refractivity contribution >= 4 is 11.8 Å². The number of ether oxygens (including phenoxy) is 1. The highest BCUT2D eigenvalue weighted by atomic mass is 32.2. The smallest absolute Gasteiger partial charge is 0.187 e. The average molecular weight is 383 g/mol. The second-order valence-electron chi connectivity index (χ2n) is 6.34. The summed E-state index contributed by atoms with van der Waals surface area (Å²) in [7, 11) is 0.